The number of rotatable bonds is 3. The van der Waals surface area contributed by atoms with Crippen LogP contribution in [0.2, 0.25) is 5.02 Å². The van der Waals surface area contributed by atoms with Crippen LogP contribution in [0.3, 0.4) is 0 Å². The van der Waals surface area contributed by atoms with Crippen molar-refractivity contribution >= 4 is 29.2 Å². The first-order valence-corrected chi connectivity index (χ1v) is 9.22. The summed E-state index contributed by atoms with van der Waals surface area (Å²) in [5, 5.41) is 12.1. The normalized spacial score (nSPS) is 16.5. The van der Waals surface area contributed by atoms with E-state index in [1.54, 1.807) is 0 Å². The van der Waals surface area contributed by atoms with Gasteiger partial charge in [-0.05, 0) is 42.7 Å². The summed E-state index contributed by atoms with van der Waals surface area (Å²) >= 11 is 6.26. The Morgan fingerprint density at radius 1 is 1.22 bits per heavy atom. The Bertz CT molecular complexity index is 958. The van der Waals surface area contributed by atoms with E-state index in [4.69, 9.17) is 16.0 Å². The van der Waals surface area contributed by atoms with Gasteiger partial charge in [0.25, 0.3) is 0 Å². The quantitative estimate of drug-likeness (QED) is 0.722. The number of hydrogen-bond acceptors (Lipinski definition) is 5. The number of carbonyl (C=O) groups excluding carboxylic acids is 1. The van der Waals surface area contributed by atoms with Crippen LogP contribution in [0.5, 0.6) is 0 Å². The number of amides is 1. The largest absolute Gasteiger partial charge is 0.403 e. The molecule has 0 radical (unpaired) electrons. The van der Waals surface area contributed by atoms with E-state index in [0.29, 0.717) is 23.5 Å². The van der Waals surface area contributed by atoms with Gasteiger partial charge in [-0.25, -0.2) is 0 Å². The zero-order valence-electron chi connectivity index (χ0n) is 14.9. The summed E-state index contributed by atoms with van der Waals surface area (Å²) in [6, 6.07) is 15.7. The summed E-state index contributed by atoms with van der Waals surface area (Å²) in [7, 11) is 0. The van der Waals surface area contributed by atoms with Crippen molar-refractivity contribution in [3.05, 3.63) is 59.1 Å². The van der Waals surface area contributed by atoms with E-state index in [9.17, 15) is 4.79 Å². The molecular formula is C20H19ClN4O2. The Labute approximate surface area is 162 Å². The lowest BCUT2D eigenvalue weighted by Crippen LogP contribution is -2.26. The van der Waals surface area contributed by atoms with E-state index in [-0.39, 0.29) is 11.9 Å². The average molecular weight is 383 g/mol. The van der Waals surface area contributed by atoms with Crippen LogP contribution >= 0.6 is 11.6 Å². The molecule has 1 aliphatic rings. The van der Waals surface area contributed by atoms with Crippen LogP contribution in [0, 0.1) is 0 Å². The lowest BCUT2D eigenvalue weighted by molar-refractivity contribution is -0.119. The summed E-state index contributed by atoms with van der Waals surface area (Å²) in [5.41, 5.74) is 2.74. The maximum absolute atomic E-state index is 11.6. The molecule has 1 unspecified atom stereocenters. The van der Waals surface area contributed by atoms with Crippen molar-refractivity contribution in [2.45, 2.75) is 25.8 Å². The predicted octanol–water partition coefficient (Wildman–Crippen LogP) is 4.50. The highest BCUT2D eigenvalue weighted by Crippen LogP contribution is 2.38. The van der Waals surface area contributed by atoms with Gasteiger partial charge in [0, 0.05) is 24.1 Å². The first kappa shape index (κ1) is 17.5. The van der Waals surface area contributed by atoms with Crippen LogP contribution in [0.4, 0.5) is 11.7 Å². The molecule has 1 N–H and O–H groups in total. The predicted molar refractivity (Wildman–Crippen MR) is 104 cm³/mol. The second-order valence-corrected chi connectivity index (χ2v) is 6.94. The van der Waals surface area contributed by atoms with Crippen molar-refractivity contribution in [2.24, 2.45) is 0 Å². The zero-order chi connectivity index (χ0) is 18.8. The van der Waals surface area contributed by atoms with Gasteiger partial charge in [-0.15, -0.1) is 5.10 Å². The fourth-order valence-corrected chi connectivity index (χ4v) is 3.56. The van der Waals surface area contributed by atoms with Gasteiger partial charge in [0.15, 0.2) is 0 Å². The first-order chi connectivity index (χ1) is 13.1. The van der Waals surface area contributed by atoms with E-state index in [1.807, 2.05) is 53.4 Å². The van der Waals surface area contributed by atoms with Crippen molar-refractivity contribution in [2.75, 3.05) is 11.4 Å². The number of nitrogens with one attached hydrogen (secondary N) is 1. The number of aromatic nitrogens is 2. The monoisotopic (exact) mass is 382 g/mol. The van der Waals surface area contributed by atoms with Crippen LogP contribution in [0.25, 0.3) is 11.5 Å². The van der Waals surface area contributed by atoms with E-state index < -0.39 is 0 Å². The van der Waals surface area contributed by atoms with E-state index in [2.05, 4.69) is 15.5 Å². The molecule has 4 rings (SSSR count). The molecule has 7 heteroatoms. The molecule has 0 bridgehead atoms. The highest BCUT2D eigenvalue weighted by atomic mass is 35.5. The summed E-state index contributed by atoms with van der Waals surface area (Å²) < 4.78 is 5.95. The zero-order valence-corrected chi connectivity index (χ0v) is 15.6. The smallest absolute Gasteiger partial charge is 0.323 e. The molecule has 0 aliphatic carbocycles. The van der Waals surface area contributed by atoms with Crippen LogP contribution in [-0.2, 0) is 4.79 Å². The number of nitrogens with zero attached hydrogens (tertiary/aromatic N) is 3. The lowest BCUT2D eigenvalue weighted by atomic mass is 10.0. The van der Waals surface area contributed by atoms with Crippen LogP contribution in [0.1, 0.15) is 31.4 Å². The van der Waals surface area contributed by atoms with Gasteiger partial charge in [0.05, 0.1) is 11.7 Å². The number of hydrogen-bond donors (Lipinski definition) is 1. The van der Waals surface area contributed by atoms with Gasteiger partial charge in [-0.3, -0.25) is 9.69 Å². The van der Waals surface area contributed by atoms with Crippen molar-refractivity contribution < 1.29 is 9.21 Å². The van der Waals surface area contributed by atoms with Gasteiger partial charge in [0.2, 0.25) is 11.8 Å². The molecule has 3 aromatic rings. The second-order valence-electron chi connectivity index (χ2n) is 6.51. The molecule has 1 amide bonds. The third kappa shape index (κ3) is 3.66. The Kier molecular flexibility index (Phi) is 4.81. The Morgan fingerprint density at radius 2 is 2.04 bits per heavy atom. The van der Waals surface area contributed by atoms with Crippen molar-refractivity contribution in [1.82, 2.24) is 15.5 Å². The molecule has 0 spiro atoms. The average Bonchev–Trinajstić information content (AvgIpc) is 3.08. The molecule has 2 aromatic carbocycles. The molecule has 1 aliphatic heterocycles. The number of halogens is 1. The summed E-state index contributed by atoms with van der Waals surface area (Å²) in [4.78, 5) is 13.6. The Balaban J connectivity index is 1.73. The summed E-state index contributed by atoms with van der Waals surface area (Å²) in [6.45, 7) is 2.22. The minimum absolute atomic E-state index is 0.0569. The topological polar surface area (TPSA) is 71.3 Å². The van der Waals surface area contributed by atoms with Gasteiger partial charge in [-0.1, -0.05) is 41.0 Å². The number of benzene rings is 2. The Hall–Kier alpha value is -2.86. The molecular weight excluding hydrogens is 364 g/mol. The minimum atomic E-state index is -0.0729. The van der Waals surface area contributed by atoms with Gasteiger partial charge < -0.3 is 9.73 Å². The van der Waals surface area contributed by atoms with Crippen molar-refractivity contribution in [3.8, 4) is 11.5 Å². The summed E-state index contributed by atoms with van der Waals surface area (Å²) in [5.74, 6) is 0.412. The highest BCUT2D eigenvalue weighted by molar-refractivity contribution is 6.30. The van der Waals surface area contributed by atoms with Crippen molar-refractivity contribution in [1.29, 1.82) is 0 Å². The third-order valence-electron chi connectivity index (χ3n) is 4.58. The van der Waals surface area contributed by atoms with E-state index >= 15 is 0 Å². The summed E-state index contributed by atoms with van der Waals surface area (Å²) in [6.07, 6.45) is 1.69. The fourth-order valence-electron chi connectivity index (χ4n) is 3.39. The minimum Gasteiger partial charge on any atom is -0.403 e. The van der Waals surface area contributed by atoms with Crippen molar-refractivity contribution in [3.63, 3.8) is 0 Å². The van der Waals surface area contributed by atoms with E-state index in [1.165, 1.54) is 6.92 Å². The molecule has 0 saturated heterocycles. The number of fused-ring (bicyclic) bond motifs is 1. The maximum Gasteiger partial charge on any atom is 0.323 e. The van der Waals surface area contributed by atoms with Crippen LogP contribution < -0.4 is 10.2 Å². The second kappa shape index (κ2) is 7.40. The van der Waals surface area contributed by atoms with Gasteiger partial charge >= 0.3 is 6.01 Å². The first-order valence-electron chi connectivity index (χ1n) is 8.85. The molecule has 1 atom stereocenters. The Morgan fingerprint density at radius 3 is 2.81 bits per heavy atom. The standard InChI is InChI=1S/C20H19ClN4O2/c1-13(26)22-17-8-5-11-25(18-12-15(21)9-10-16(17)18)20-24-23-19(27-20)14-6-3-2-4-7-14/h2-4,6-7,9-10,12,17H,5,8,11H2,1H3,(H,22,26). The molecule has 0 saturated carbocycles. The number of carbonyl (C=O) groups is 1. The lowest BCUT2D eigenvalue weighted by Gasteiger charge is -2.22. The van der Waals surface area contributed by atoms with Crippen LogP contribution in [0.15, 0.2) is 52.9 Å². The fraction of sp³-hybridized carbons (Fsp3) is 0.250. The van der Waals surface area contributed by atoms with Gasteiger partial charge in [-0.2, -0.15) is 0 Å². The van der Waals surface area contributed by atoms with Crippen LogP contribution in [-0.4, -0.2) is 22.6 Å². The number of anilines is 2. The van der Waals surface area contributed by atoms with Gasteiger partial charge in [0.1, 0.15) is 0 Å². The molecule has 2 heterocycles. The highest BCUT2D eigenvalue weighted by Gasteiger charge is 2.27. The molecule has 6 nitrogen and oxygen atoms in total. The SMILES string of the molecule is CC(=O)NC1CCCN(c2nnc(-c3ccccc3)o2)c2cc(Cl)ccc21. The molecule has 138 valence electrons. The molecule has 1 aromatic heterocycles. The molecule has 0 fully saturated rings. The maximum atomic E-state index is 11.6. The van der Waals surface area contributed by atoms with E-state index in [0.717, 1.165) is 29.7 Å². The third-order valence-corrected chi connectivity index (χ3v) is 4.81. The molecule has 27 heavy (non-hydrogen) atoms.